The molecule has 10 nitrogen and oxygen atoms in total. The van der Waals surface area contributed by atoms with E-state index < -0.39 is 6.09 Å². The minimum Gasteiger partial charge on any atom is -0.507 e. The normalized spacial score (nSPS) is 12.9. The Morgan fingerprint density at radius 2 is 1.95 bits per heavy atom. The van der Waals surface area contributed by atoms with Gasteiger partial charge in [0.25, 0.3) is 5.91 Å². The standard InChI is InChI=1S/C29H23N5O5/c1-38-28-19(5-4-12-30-28)17-9-11-25(35)20(15-17)26-31-21-10-8-18(16-23(21)32-26)27(36)33-22-6-2-3-7-24(22)34-13-14-39-29(34)37/h2-12,15-16,35H,13-14H2,1H3,(H,31,32)(H,33,36). The smallest absolute Gasteiger partial charge is 0.414 e. The van der Waals surface area contributed by atoms with E-state index in [1.165, 1.54) is 4.90 Å². The fraction of sp³-hybridized carbons (Fsp3) is 0.103. The van der Waals surface area contributed by atoms with Gasteiger partial charge in [0.2, 0.25) is 5.88 Å². The molecule has 0 bridgehead atoms. The molecule has 0 radical (unpaired) electrons. The van der Waals surface area contributed by atoms with E-state index in [0.29, 0.717) is 58.4 Å². The third-order valence-electron chi connectivity index (χ3n) is 6.48. The number of phenols is 1. The predicted molar refractivity (Wildman–Crippen MR) is 146 cm³/mol. The first-order chi connectivity index (χ1) is 19.0. The van der Waals surface area contributed by atoms with Crippen LogP contribution in [0.4, 0.5) is 16.2 Å². The highest BCUT2D eigenvalue weighted by Crippen LogP contribution is 2.36. The first-order valence-electron chi connectivity index (χ1n) is 12.2. The zero-order valence-corrected chi connectivity index (χ0v) is 20.8. The number of benzene rings is 3. The van der Waals surface area contributed by atoms with Crippen molar-refractivity contribution in [3.63, 3.8) is 0 Å². The van der Waals surface area contributed by atoms with Gasteiger partial charge in [0.15, 0.2) is 0 Å². The fourth-order valence-corrected chi connectivity index (χ4v) is 4.57. The summed E-state index contributed by atoms with van der Waals surface area (Å²) in [6, 6.07) is 21.1. The third-order valence-corrected chi connectivity index (χ3v) is 6.48. The number of nitrogens with zero attached hydrogens (tertiary/aromatic N) is 3. The van der Waals surface area contributed by atoms with Crippen molar-refractivity contribution < 1.29 is 24.2 Å². The number of aromatic nitrogens is 3. The highest BCUT2D eigenvalue weighted by atomic mass is 16.6. The van der Waals surface area contributed by atoms with Crippen LogP contribution in [0.2, 0.25) is 0 Å². The average molecular weight is 522 g/mol. The molecule has 2 aromatic heterocycles. The second kappa shape index (κ2) is 9.82. The Balaban J connectivity index is 1.30. The number of rotatable bonds is 6. The number of anilines is 2. The van der Waals surface area contributed by atoms with Crippen molar-refractivity contribution in [2.24, 2.45) is 0 Å². The Kier molecular flexibility index (Phi) is 6.04. The molecule has 1 aliphatic rings. The molecule has 0 spiro atoms. The number of ether oxygens (including phenoxy) is 2. The van der Waals surface area contributed by atoms with Gasteiger partial charge in [0.1, 0.15) is 18.2 Å². The number of pyridine rings is 1. The maximum atomic E-state index is 13.2. The summed E-state index contributed by atoms with van der Waals surface area (Å²) in [6.45, 7) is 0.713. The van der Waals surface area contributed by atoms with Crippen LogP contribution in [0.1, 0.15) is 10.4 Å². The second-order valence-corrected chi connectivity index (χ2v) is 8.85. The first kappa shape index (κ1) is 24.0. The van der Waals surface area contributed by atoms with Crippen molar-refractivity contribution in [1.82, 2.24) is 15.0 Å². The number of nitrogens with one attached hydrogen (secondary N) is 2. The van der Waals surface area contributed by atoms with E-state index >= 15 is 0 Å². The fourth-order valence-electron chi connectivity index (χ4n) is 4.57. The number of aromatic hydroxyl groups is 1. The largest absolute Gasteiger partial charge is 0.507 e. The summed E-state index contributed by atoms with van der Waals surface area (Å²) in [6.07, 6.45) is 1.20. The van der Waals surface area contributed by atoms with Crippen molar-refractivity contribution in [1.29, 1.82) is 0 Å². The molecule has 0 aliphatic carbocycles. The Hall–Kier alpha value is -5.38. The lowest BCUT2D eigenvalue weighted by atomic mass is 10.0. The Bertz CT molecular complexity index is 1730. The maximum absolute atomic E-state index is 13.2. The number of H-pyrrole nitrogens is 1. The second-order valence-electron chi connectivity index (χ2n) is 8.85. The van der Waals surface area contributed by atoms with Crippen LogP contribution < -0.4 is 15.0 Å². The van der Waals surface area contributed by atoms with Crippen molar-refractivity contribution in [2.75, 3.05) is 30.5 Å². The molecule has 6 rings (SSSR count). The van der Waals surface area contributed by atoms with Crippen LogP contribution in [0.25, 0.3) is 33.5 Å². The van der Waals surface area contributed by atoms with Gasteiger partial charge in [0.05, 0.1) is 41.6 Å². The summed E-state index contributed by atoms with van der Waals surface area (Å²) in [4.78, 5) is 38.8. The average Bonchev–Trinajstić information content (AvgIpc) is 3.59. The topological polar surface area (TPSA) is 130 Å². The Morgan fingerprint density at radius 3 is 2.77 bits per heavy atom. The van der Waals surface area contributed by atoms with Crippen LogP contribution in [-0.4, -0.2) is 52.3 Å². The molecule has 3 N–H and O–H groups in total. The van der Waals surface area contributed by atoms with Gasteiger partial charge in [0, 0.05) is 17.3 Å². The third kappa shape index (κ3) is 4.48. The number of phenolic OH excluding ortho intramolecular Hbond substituents is 1. The molecular formula is C29H23N5O5. The monoisotopic (exact) mass is 521 g/mol. The number of fused-ring (bicyclic) bond motifs is 1. The van der Waals surface area contributed by atoms with Crippen LogP contribution in [0.15, 0.2) is 79.0 Å². The summed E-state index contributed by atoms with van der Waals surface area (Å²) < 4.78 is 10.4. The van der Waals surface area contributed by atoms with E-state index in [-0.39, 0.29) is 11.7 Å². The Labute approximate surface area is 222 Å². The lowest BCUT2D eigenvalue weighted by Gasteiger charge is -2.17. The van der Waals surface area contributed by atoms with Crippen molar-refractivity contribution in [2.45, 2.75) is 0 Å². The summed E-state index contributed by atoms with van der Waals surface area (Å²) in [5.41, 5.74) is 4.79. The summed E-state index contributed by atoms with van der Waals surface area (Å²) in [5.74, 6) is 0.623. The van der Waals surface area contributed by atoms with E-state index in [0.717, 1.165) is 11.1 Å². The number of para-hydroxylation sites is 2. The van der Waals surface area contributed by atoms with Gasteiger partial charge < -0.3 is 24.9 Å². The molecular weight excluding hydrogens is 498 g/mol. The van der Waals surface area contributed by atoms with E-state index in [9.17, 15) is 14.7 Å². The van der Waals surface area contributed by atoms with Gasteiger partial charge >= 0.3 is 6.09 Å². The minimum atomic E-state index is -0.447. The molecule has 1 saturated heterocycles. The molecule has 0 saturated carbocycles. The van der Waals surface area contributed by atoms with Gasteiger partial charge in [-0.15, -0.1) is 0 Å². The molecule has 0 atom stereocenters. The van der Waals surface area contributed by atoms with Crippen molar-refractivity contribution >= 4 is 34.4 Å². The van der Waals surface area contributed by atoms with E-state index in [1.54, 1.807) is 74.0 Å². The number of cyclic esters (lactones) is 1. The summed E-state index contributed by atoms with van der Waals surface area (Å²) in [7, 11) is 1.55. The van der Waals surface area contributed by atoms with Crippen LogP contribution in [0.3, 0.4) is 0 Å². The molecule has 2 amide bonds. The van der Waals surface area contributed by atoms with Crippen LogP contribution >= 0.6 is 0 Å². The SMILES string of the molecule is COc1ncccc1-c1ccc(O)c(-c2nc3ccc(C(=O)Nc4ccccc4N4CCOC4=O)cc3[nH]2)c1. The number of amides is 2. The van der Waals surface area contributed by atoms with Gasteiger partial charge in [-0.3, -0.25) is 9.69 Å². The zero-order chi connectivity index (χ0) is 26.9. The summed E-state index contributed by atoms with van der Waals surface area (Å²) in [5, 5.41) is 13.5. The highest BCUT2D eigenvalue weighted by molar-refractivity contribution is 6.08. The van der Waals surface area contributed by atoms with E-state index in [1.807, 2.05) is 12.1 Å². The molecule has 5 aromatic rings. The molecule has 1 aliphatic heterocycles. The predicted octanol–water partition coefficient (Wildman–Crippen LogP) is 5.22. The van der Waals surface area contributed by atoms with Crippen molar-refractivity contribution in [3.8, 4) is 34.1 Å². The van der Waals surface area contributed by atoms with Gasteiger partial charge in [-0.2, -0.15) is 0 Å². The zero-order valence-electron chi connectivity index (χ0n) is 20.8. The molecule has 0 unspecified atom stereocenters. The minimum absolute atomic E-state index is 0.0516. The number of hydrogen-bond donors (Lipinski definition) is 3. The lowest BCUT2D eigenvalue weighted by Crippen LogP contribution is -2.25. The number of carbonyl (C=O) groups excluding carboxylic acids is 2. The van der Waals surface area contributed by atoms with Gasteiger partial charge in [-0.25, -0.2) is 14.8 Å². The molecule has 10 heteroatoms. The van der Waals surface area contributed by atoms with Gasteiger partial charge in [-0.05, 0) is 60.2 Å². The molecule has 1 fully saturated rings. The van der Waals surface area contributed by atoms with E-state index in [2.05, 4.69) is 20.3 Å². The van der Waals surface area contributed by atoms with Crippen LogP contribution in [0, 0.1) is 0 Å². The quantitative estimate of drug-likeness (QED) is 0.279. The number of aromatic amines is 1. The molecule has 194 valence electrons. The number of carbonyl (C=O) groups is 2. The first-order valence-corrected chi connectivity index (χ1v) is 12.2. The molecule has 3 aromatic carbocycles. The van der Waals surface area contributed by atoms with Crippen LogP contribution in [0.5, 0.6) is 11.6 Å². The van der Waals surface area contributed by atoms with E-state index in [4.69, 9.17) is 9.47 Å². The molecule has 3 heterocycles. The van der Waals surface area contributed by atoms with Crippen LogP contribution in [-0.2, 0) is 4.74 Å². The number of imidazole rings is 1. The number of hydrogen-bond acceptors (Lipinski definition) is 7. The summed E-state index contributed by atoms with van der Waals surface area (Å²) >= 11 is 0. The molecule has 39 heavy (non-hydrogen) atoms. The van der Waals surface area contributed by atoms with Gasteiger partial charge in [-0.1, -0.05) is 18.2 Å². The number of methoxy groups -OCH3 is 1. The highest BCUT2D eigenvalue weighted by Gasteiger charge is 2.26. The Morgan fingerprint density at radius 1 is 1.08 bits per heavy atom. The lowest BCUT2D eigenvalue weighted by molar-refractivity contribution is 0.102. The van der Waals surface area contributed by atoms with Crippen molar-refractivity contribution in [3.05, 3.63) is 84.6 Å². The maximum Gasteiger partial charge on any atom is 0.414 e.